The Labute approximate surface area is 93.0 Å². The fourth-order valence-electron chi connectivity index (χ4n) is 1.34. The summed E-state index contributed by atoms with van der Waals surface area (Å²) in [6.07, 6.45) is -2.66. The molecule has 0 aliphatic rings. The van der Waals surface area contributed by atoms with Gasteiger partial charge in [-0.15, -0.1) is 0 Å². The molecule has 0 aliphatic carbocycles. The van der Waals surface area contributed by atoms with Crippen LogP contribution >= 0.6 is 0 Å². The Kier molecular flexibility index (Phi) is 3.84. The molecule has 0 radical (unpaired) electrons. The van der Waals surface area contributed by atoms with Gasteiger partial charge < -0.3 is 15.9 Å². The van der Waals surface area contributed by atoms with Crippen molar-refractivity contribution in [2.45, 2.75) is 18.6 Å². The van der Waals surface area contributed by atoms with Crippen LogP contribution in [0.15, 0.2) is 18.2 Å². The van der Waals surface area contributed by atoms with E-state index in [-0.39, 0.29) is 17.5 Å². The molecule has 5 heteroatoms. The monoisotopic (exact) mass is 217 g/mol. The summed E-state index contributed by atoms with van der Waals surface area (Å²) in [5, 5.41) is 36.4. The second kappa shape index (κ2) is 5.13. The second-order valence-corrected chi connectivity index (χ2v) is 3.33. The van der Waals surface area contributed by atoms with Crippen molar-refractivity contribution in [1.29, 1.82) is 10.5 Å². The Hall–Kier alpha value is -2.08. The maximum Gasteiger partial charge on any atom is 0.107 e. The number of aliphatic hydroxyl groups is 2. The van der Waals surface area contributed by atoms with Crippen molar-refractivity contribution in [3.05, 3.63) is 29.3 Å². The summed E-state index contributed by atoms with van der Waals surface area (Å²) in [7, 11) is 0. The lowest BCUT2D eigenvalue weighted by atomic mass is 9.97. The number of nitrogen functional groups attached to an aromatic ring is 1. The van der Waals surface area contributed by atoms with E-state index in [4.69, 9.17) is 16.3 Å². The van der Waals surface area contributed by atoms with Crippen molar-refractivity contribution in [2.24, 2.45) is 0 Å². The average molecular weight is 217 g/mol. The molecule has 82 valence electrons. The smallest absolute Gasteiger partial charge is 0.107 e. The molecule has 0 spiro atoms. The van der Waals surface area contributed by atoms with Crippen molar-refractivity contribution in [3.63, 3.8) is 0 Å². The fourth-order valence-corrected chi connectivity index (χ4v) is 1.34. The predicted molar refractivity (Wildman–Crippen MR) is 56.8 cm³/mol. The van der Waals surface area contributed by atoms with Crippen LogP contribution in [0.3, 0.4) is 0 Å². The maximum atomic E-state index is 9.73. The van der Waals surface area contributed by atoms with E-state index in [9.17, 15) is 10.2 Å². The molecule has 0 bridgehead atoms. The Morgan fingerprint density at radius 2 is 2.00 bits per heavy atom. The summed E-state index contributed by atoms with van der Waals surface area (Å²) >= 11 is 0. The minimum Gasteiger partial charge on any atom is -0.399 e. The van der Waals surface area contributed by atoms with Gasteiger partial charge in [-0.2, -0.15) is 10.5 Å². The highest BCUT2D eigenvalue weighted by atomic mass is 16.3. The number of rotatable bonds is 3. The van der Waals surface area contributed by atoms with Gasteiger partial charge in [0.25, 0.3) is 0 Å². The minimum absolute atomic E-state index is 0.198. The van der Waals surface area contributed by atoms with Gasteiger partial charge in [0.2, 0.25) is 0 Å². The Morgan fingerprint density at radius 3 is 2.56 bits per heavy atom. The lowest BCUT2D eigenvalue weighted by molar-refractivity contribution is 0.0215. The predicted octanol–water partition coefficient (Wildman–Crippen LogP) is 0.448. The summed E-state index contributed by atoms with van der Waals surface area (Å²) in [5.74, 6) is 0. The summed E-state index contributed by atoms with van der Waals surface area (Å²) < 4.78 is 0. The lowest BCUT2D eigenvalue weighted by Gasteiger charge is -2.16. The van der Waals surface area contributed by atoms with E-state index in [0.717, 1.165) is 0 Å². The quantitative estimate of drug-likeness (QED) is 0.636. The molecule has 0 saturated heterocycles. The molecule has 2 unspecified atom stereocenters. The molecule has 1 rings (SSSR count). The molecule has 1 aromatic carbocycles. The Bertz CT molecular complexity index is 459. The van der Waals surface area contributed by atoms with Crippen molar-refractivity contribution in [1.82, 2.24) is 0 Å². The van der Waals surface area contributed by atoms with Crippen LogP contribution in [0.2, 0.25) is 0 Å². The van der Waals surface area contributed by atoms with Crippen LogP contribution in [0, 0.1) is 22.7 Å². The summed E-state index contributed by atoms with van der Waals surface area (Å²) in [5.41, 5.74) is 6.37. The molecule has 0 aromatic heterocycles. The van der Waals surface area contributed by atoms with Crippen LogP contribution in [-0.4, -0.2) is 16.3 Å². The Balaban J connectivity index is 3.05. The molecular formula is C11H11N3O2. The zero-order chi connectivity index (χ0) is 12.1. The number of benzene rings is 1. The van der Waals surface area contributed by atoms with Crippen molar-refractivity contribution in [3.8, 4) is 12.1 Å². The summed E-state index contributed by atoms with van der Waals surface area (Å²) in [4.78, 5) is 0. The molecule has 0 heterocycles. The van der Waals surface area contributed by atoms with E-state index in [1.165, 1.54) is 18.2 Å². The number of hydrogen-bond acceptors (Lipinski definition) is 5. The number of nitriles is 2. The molecule has 2 atom stereocenters. The molecule has 1 aromatic rings. The van der Waals surface area contributed by atoms with Crippen LogP contribution in [0.4, 0.5) is 5.69 Å². The van der Waals surface area contributed by atoms with Crippen molar-refractivity contribution in [2.75, 3.05) is 5.73 Å². The summed E-state index contributed by atoms with van der Waals surface area (Å²) in [6, 6.07) is 8.04. The van der Waals surface area contributed by atoms with Gasteiger partial charge in [0.05, 0.1) is 30.2 Å². The average Bonchev–Trinajstić information content (AvgIpc) is 2.28. The van der Waals surface area contributed by atoms with Gasteiger partial charge in [0.1, 0.15) is 6.10 Å². The first kappa shape index (κ1) is 12.0. The van der Waals surface area contributed by atoms with E-state index in [0.29, 0.717) is 5.69 Å². The van der Waals surface area contributed by atoms with Gasteiger partial charge in [-0.1, -0.05) is 6.07 Å². The second-order valence-electron chi connectivity index (χ2n) is 3.33. The highest BCUT2D eigenvalue weighted by Gasteiger charge is 2.20. The summed E-state index contributed by atoms with van der Waals surface area (Å²) in [6.45, 7) is 0. The highest BCUT2D eigenvalue weighted by Crippen LogP contribution is 2.23. The molecule has 0 fully saturated rings. The third-order valence-electron chi connectivity index (χ3n) is 2.18. The van der Waals surface area contributed by atoms with Gasteiger partial charge in [-0.3, -0.25) is 0 Å². The van der Waals surface area contributed by atoms with Crippen LogP contribution in [-0.2, 0) is 0 Å². The van der Waals surface area contributed by atoms with E-state index in [2.05, 4.69) is 0 Å². The first-order valence-electron chi connectivity index (χ1n) is 4.62. The van der Waals surface area contributed by atoms with Crippen LogP contribution in [0.25, 0.3) is 0 Å². The zero-order valence-electron chi connectivity index (χ0n) is 8.46. The SMILES string of the molecule is N#CCC(O)C(O)c1ccc(N)cc1C#N. The minimum atomic E-state index is -1.25. The lowest BCUT2D eigenvalue weighted by Crippen LogP contribution is -2.18. The highest BCUT2D eigenvalue weighted by molar-refractivity contribution is 5.50. The van der Waals surface area contributed by atoms with E-state index >= 15 is 0 Å². The zero-order valence-corrected chi connectivity index (χ0v) is 8.46. The van der Waals surface area contributed by atoms with Gasteiger partial charge in [0.15, 0.2) is 0 Å². The third-order valence-corrected chi connectivity index (χ3v) is 2.18. The number of anilines is 1. The van der Waals surface area contributed by atoms with Crippen LogP contribution < -0.4 is 5.73 Å². The standard InChI is InChI=1S/C11H11N3O2/c12-4-3-10(15)11(16)9-2-1-8(14)5-7(9)6-13/h1-2,5,10-11,15-16H,3,14H2. The molecule has 0 saturated carbocycles. The molecule has 4 N–H and O–H groups in total. The number of nitrogens with zero attached hydrogens (tertiary/aromatic N) is 2. The third kappa shape index (κ3) is 2.48. The molecular weight excluding hydrogens is 206 g/mol. The van der Waals surface area contributed by atoms with E-state index in [1.807, 2.05) is 6.07 Å². The van der Waals surface area contributed by atoms with Crippen molar-refractivity contribution < 1.29 is 10.2 Å². The maximum absolute atomic E-state index is 9.73. The molecule has 16 heavy (non-hydrogen) atoms. The largest absolute Gasteiger partial charge is 0.399 e. The first-order chi connectivity index (χ1) is 7.60. The molecule has 0 amide bonds. The van der Waals surface area contributed by atoms with Gasteiger partial charge in [-0.25, -0.2) is 0 Å². The van der Waals surface area contributed by atoms with Gasteiger partial charge in [0, 0.05) is 11.3 Å². The van der Waals surface area contributed by atoms with Gasteiger partial charge >= 0.3 is 0 Å². The van der Waals surface area contributed by atoms with Crippen molar-refractivity contribution >= 4 is 5.69 Å². The molecule has 0 aliphatic heterocycles. The van der Waals surface area contributed by atoms with Crippen LogP contribution in [0.1, 0.15) is 23.7 Å². The number of aliphatic hydroxyl groups excluding tert-OH is 2. The van der Waals surface area contributed by atoms with E-state index < -0.39 is 12.2 Å². The topological polar surface area (TPSA) is 114 Å². The van der Waals surface area contributed by atoms with Gasteiger partial charge in [-0.05, 0) is 12.1 Å². The molecule has 5 nitrogen and oxygen atoms in total. The fraction of sp³-hybridized carbons (Fsp3) is 0.273. The Morgan fingerprint density at radius 1 is 1.31 bits per heavy atom. The van der Waals surface area contributed by atoms with E-state index in [1.54, 1.807) is 6.07 Å². The first-order valence-corrected chi connectivity index (χ1v) is 4.62. The number of hydrogen-bond donors (Lipinski definition) is 3. The normalized spacial score (nSPS) is 13.5. The number of nitrogens with two attached hydrogens (primary N) is 1. The van der Waals surface area contributed by atoms with Crippen LogP contribution in [0.5, 0.6) is 0 Å².